The maximum Gasteiger partial charge on any atom is 0.253 e. The Morgan fingerprint density at radius 3 is 0.812 bits per heavy atom. The fraction of sp³-hybridized carbons (Fsp3) is 0.526. The van der Waals surface area contributed by atoms with Crippen molar-refractivity contribution >= 4 is 182 Å². The fourth-order valence-corrected chi connectivity index (χ4v) is 15.3. The van der Waals surface area contributed by atoms with Gasteiger partial charge in [0, 0.05) is 7.14 Å². The monoisotopic (exact) mass is 1660 g/mol. The Hall–Kier alpha value is -0.880. The minimum atomic E-state index is -1.65. The van der Waals surface area contributed by atoms with Gasteiger partial charge in [-0.3, -0.25) is 28.8 Å². The van der Waals surface area contributed by atoms with Crippen LogP contribution < -0.4 is 31.1 Å². The number of rotatable bonds is 28. The lowest BCUT2D eigenvalue weighted by Crippen LogP contribution is -2.45. The Morgan fingerprint density at radius 1 is 0.406 bits per heavy atom. The number of ether oxygens (including phenoxy) is 1. The standard InChI is InChI=1S/C38H50I6N6O19/c39-27-23(35(65)45-15(3-51)4-52)29(41)33(30(42)24(27)36(66)46-16(5-53)6-54)49(21(63)11-59)1-19(61)13-69-14-20(62)2-50(22(64)12-60)34-31(43)25(37(67)47-17(7-55)8-56)28(40)26(32(34)44)38(68)48-18(9-57)10-58/h15-20,51-62H,1-14H2,(H,45,65)(H,46,66)(H,47,67)(H,48,68). The number of halogens is 6. The topological polar surface area (TPSA) is 409 Å². The van der Waals surface area contributed by atoms with Crippen LogP contribution in [0.2, 0.25) is 0 Å². The van der Waals surface area contributed by atoms with E-state index in [0.717, 1.165) is 9.80 Å². The van der Waals surface area contributed by atoms with Gasteiger partial charge in [-0.05, 0) is 136 Å². The van der Waals surface area contributed by atoms with E-state index in [2.05, 4.69) is 21.3 Å². The number of benzene rings is 2. The summed E-state index contributed by atoms with van der Waals surface area (Å²) in [4.78, 5) is 83.2. The average molecular weight is 1660 g/mol. The van der Waals surface area contributed by atoms with Gasteiger partial charge >= 0.3 is 0 Å². The van der Waals surface area contributed by atoms with E-state index in [0.29, 0.717) is 0 Å². The Kier molecular flexibility index (Phi) is 29.6. The van der Waals surface area contributed by atoms with E-state index >= 15 is 0 Å². The van der Waals surface area contributed by atoms with Crippen LogP contribution in [0.1, 0.15) is 41.4 Å². The molecule has 0 aliphatic rings. The molecule has 2 aromatic rings. The third kappa shape index (κ3) is 17.1. The predicted octanol–water partition coefficient (Wildman–Crippen LogP) is -4.26. The molecule has 0 bridgehead atoms. The van der Waals surface area contributed by atoms with Crippen molar-refractivity contribution < 1.29 is 94.8 Å². The third-order valence-corrected chi connectivity index (χ3v) is 15.8. The van der Waals surface area contributed by atoms with Gasteiger partial charge in [0.15, 0.2) is 0 Å². The predicted molar refractivity (Wildman–Crippen MR) is 293 cm³/mol. The molecule has 0 saturated heterocycles. The molecule has 2 aromatic carbocycles. The molecule has 25 nitrogen and oxygen atoms in total. The number of nitrogens with one attached hydrogen (secondary N) is 4. The van der Waals surface area contributed by atoms with E-state index in [9.17, 15) is 90.0 Å². The Balaban J connectivity index is 2.62. The third-order valence-electron chi connectivity index (χ3n) is 9.42. The smallest absolute Gasteiger partial charge is 0.253 e. The van der Waals surface area contributed by atoms with Crippen LogP contribution in [0.5, 0.6) is 0 Å². The van der Waals surface area contributed by atoms with E-state index < -0.39 is 164 Å². The van der Waals surface area contributed by atoms with E-state index in [-0.39, 0.29) is 55.0 Å². The van der Waals surface area contributed by atoms with Crippen LogP contribution in [0.4, 0.5) is 11.4 Å². The molecule has 16 N–H and O–H groups in total. The molecule has 69 heavy (non-hydrogen) atoms. The molecule has 0 aliphatic heterocycles. The zero-order valence-electron chi connectivity index (χ0n) is 35.8. The lowest BCUT2D eigenvalue weighted by molar-refractivity contribution is -0.122. The minimum absolute atomic E-state index is 0.00860. The van der Waals surface area contributed by atoms with Gasteiger partial charge in [-0.1, -0.05) is 0 Å². The van der Waals surface area contributed by atoms with Crippen molar-refractivity contribution in [3.05, 3.63) is 43.7 Å². The molecule has 2 atom stereocenters. The van der Waals surface area contributed by atoms with E-state index in [4.69, 9.17) is 4.74 Å². The van der Waals surface area contributed by atoms with Crippen LogP contribution in [0, 0.1) is 21.4 Å². The first-order chi connectivity index (χ1) is 32.6. The van der Waals surface area contributed by atoms with E-state index in [1.165, 1.54) is 0 Å². The molecule has 0 spiro atoms. The molecule has 6 amide bonds. The average Bonchev–Trinajstić information content (AvgIpc) is 3.31. The number of hydrogen-bond donors (Lipinski definition) is 16. The Morgan fingerprint density at radius 2 is 0.623 bits per heavy atom. The highest BCUT2D eigenvalue weighted by atomic mass is 127. The van der Waals surface area contributed by atoms with Gasteiger partial charge < -0.3 is 97.1 Å². The normalized spacial score (nSPS) is 12.4. The van der Waals surface area contributed by atoms with Crippen LogP contribution in [-0.2, 0) is 14.3 Å². The lowest BCUT2D eigenvalue weighted by atomic mass is 10.1. The maximum absolute atomic E-state index is 13.7. The van der Waals surface area contributed by atoms with Crippen molar-refractivity contribution in [2.45, 2.75) is 36.4 Å². The summed E-state index contributed by atoms with van der Waals surface area (Å²) >= 11 is 10.2. The van der Waals surface area contributed by atoms with Gasteiger partial charge in [0.05, 0.1) is 163 Å². The van der Waals surface area contributed by atoms with Crippen LogP contribution in [0.3, 0.4) is 0 Å². The molecule has 0 aromatic heterocycles. The molecule has 0 fully saturated rings. The lowest BCUT2D eigenvalue weighted by Gasteiger charge is -2.30. The summed E-state index contributed by atoms with van der Waals surface area (Å²) in [5, 5.41) is 129. The highest BCUT2D eigenvalue weighted by molar-refractivity contribution is 14.1. The summed E-state index contributed by atoms with van der Waals surface area (Å²) in [6.07, 6.45) is -3.29. The molecule has 0 aliphatic carbocycles. The summed E-state index contributed by atoms with van der Waals surface area (Å²) in [5.74, 6) is -5.71. The number of anilines is 2. The summed E-state index contributed by atoms with van der Waals surface area (Å²) in [6, 6.07) is -4.60. The van der Waals surface area contributed by atoms with Crippen molar-refractivity contribution in [3.63, 3.8) is 0 Å². The highest BCUT2D eigenvalue weighted by Crippen LogP contribution is 2.40. The van der Waals surface area contributed by atoms with E-state index in [1.807, 2.05) is 0 Å². The number of aliphatic hydroxyl groups excluding tert-OH is 12. The van der Waals surface area contributed by atoms with Crippen LogP contribution >= 0.6 is 136 Å². The minimum Gasteiger partial charge on any atom is -0.394 e. The first-order valence-corrected chi connectivity index (χ1v) is 26.4. The second-order valence-electron chi connectivity index (χ2n) is 14.4. The summed E-state index contributed by atoms with van der Waals surface area (Å²) < 4.78 is 5.63. The molecule has 0 heterocycles. The fourth-order valence-electron chi connectivity index (χ4n) is 5.87. The molecule has 0 radical (unpaired) electrons. The quantitative estimate of drug-likeness (QED) is 0.0359. The molecule has 31 heteroatoms. The summed E-state index contributed by atoms with van der Waals surface area (Å²) in [7, 11) is 0. The van der Waals surface area contributed by atoms with Gasteiger partial charge in [-0.15, -0.1) is 0 Å². The molecule has 388 valence electrons. The van der Waals surface area contributed by atoms with Gasteiger partial charge in [0.2, 0.25) is 0 Å². The first-order valence-electron chi connectivity index (χ1n) is 19.9. The maximum atomic E-state index is 13.7. The van der Waals surface area contributed by atoms with Crippen LogP contribution in [-0.4, -0.2) is 225 Å². The zero-order chi connectivity index (χ0) is 52.4. The number of carbonyl (C=O) groups is 6. The second-order valence-corrected chi connectivity index (χ2v) is 20.9. The van der Waals surface area contributed by atoms with Gasteiger partial charge in [-0.2, -0.15) is 0 Å². The molecule has 0 saturated carbocycles. The van der Waals surface area contributed by atoms with Crippen LogP contribution in [0.25, 0.3) is 0 Å². The van der Waals surface area contributed by atoms with Crippen molar-refractivity contribution in [1.82, 2.24) is 21.3 Å². The number of carbonyl (C=O) groups excluding carboxylic acids is 6. The highest BCUT2D eigenvalue weighted by Gasteiger charge is 2.36. The Bertz CT molecular complexity index is 1880. The summed E-state index contributed by atoms with van der Waals surface area (Å²) in [5.41, 5.74) is -1.22. The van der Waals surface area contributed by atoms with Crippen LogP contribution in [0.15, 0.2) is 0 Å². The number of aliphatic hydroxyl groups is 12. The molecule has 2 rings (SSSR count). The van der Waals surface area contributed by atoms with Gasteiger partial charge in [-0.25, -0.2) is 0 Å². The zero-order valence-corrected chi connectivity index (χ0v) is 48.7. The summed E-state index contributed by atoms with van der Waals surface area (Å²) in [6.45, 7) is -10.4. The molecular weight excluding hydrogens is 1610 g/mol. The van der Waals surface area contributed by atoms with Crippen molar-refractivity contribution in [1.29, 1.82) is 0 Å². The molecule has 2 unspecified atom stereocenters. The SMILES string of the molecule is O=C(NC(CO)CO)c1c(I)c(C(=O)NC(CO)CO)c(I)c(N(CC(O)COCC(O)CN(C(=O)CO)c2c(I)c(C(=O)NC(CO)CO)c(I)c(C(=O)NC(CO)CO)c2I)C(=O)CO)c1I. The first kappa shape index (κ1) is 64.2. The number of amides is 6. The van der Waals surface area contributed by atoms with Gasteiger partial charge in [0.25, 0.3) is 35.4 Å². The number of hydrogen-bond acceptors (Lipinski definition) is 19. The largest absolute Gasteiger partial charge is 0.394 e. The molecular formula is C38H50I6N6O19. The second kappa shape index (κ2) is 31.8. The van der Waals surface area contributed by atoms with Crippen molar-refractivity contribution in [2.75, 3.05) is 102 Å². The van der Waals surface area contributed by atoms with E-state index in [1.54, 1.807) is 136 Å². The Labute approximate surface area is 475 Å². The van der Waals surface area contributed by atoms with Crippen molar-refractivity contribution in [3.8, 4) is 0 Å². The van der Waals surface area contributed by atoms with Gasteiger partial charge in [0.1, 0.15) is 13.2 Å². The van der Waals surface area contributed by atoms with Crippen molar-refractivity contribution in [2.24, 2.45) is 0 Å². The number of nitrogens with zero attached hydrogens (tertiary/aromatic N) is 2.